The number of amides is 3. The van der Waals surface area contributed by atoms with Crippen LogP contribution < -0.4 is 9.80 Å². The van der Waals surface area contributed by atoms with E-state index in [1.807, 2.05) is 0 Å². The fourth-order valence-corrected chi connectivity index (χ4v) is 4.23. The van der Waals surface area contributed by atoms with E-state index in [4.69, 9.17) is 23.2 Å². The third-order valence-corrected chi connectivity index (χ3v) is 5.87. The molecule has 2 aromatic rings. The number of imide groups is 1. The van der Waals surface area contributed by atoms with Crippen LogP contribution >= 0.6 is 35.0 Å². The van der Waals surface area contributed by atoms with Crippen molar-refractivity contribution in [1.82, 2.24) is 5.01 Å². The van der Waals surface area contributed by atoms with E-state index < -0.39 is 16.9 Å². The van der Waals surface area contributed by atoms with Gasteiger partial charge < -0.3 is 0 Å². The van der Waals surface area contributed by atoms with Gasteiger partial charge in [-0.25, -0.2) is 9.69 Å². The zero-order valence-electron chi connectivity index (χ0n) is 13.5. The molecule has 26 heavy (non-hydrogen) atoms. The molecule has 0 bridgehead atoms. The van der Waals surface area contributed by atoms with Gasteiger partial charge in [-0.05, 0) is 60.3 Å². The lowest BCUT2D eigenvalue weighted by Crippen LogP contribution is -2.55. The van der Waals surface area contributed by atoms with Crippen molar-refractivity contribution in [3.63, 3.8) is 0 Å². The first kappa shape index (κ1) is 17.2. The Morgan fingerprint density at radius 3 is 1.96 bits per heavy atom. The number of halogens is 2. The second-order valence-electron chi connectivity index (χ2n) is 5.68. The molecule has 2 aliphatic heterocycles. The standard InChI is InChI=1S/C17H12Cl2N4O2S/c1-21-17(26-10-20-21)15(24)22(13-6-2-11(18)3-7-13)16(25)23(17)14-8-4-12(19)5-9-14/h2-10H,1H3/t17-/m0/s1. The number of nitrogens with zero attached hydrogens (tertiary/aromatic N) is 4. The minimum atomic E-state index is -1.31. The monoisotopic (exact) mass is 406 g/mol. The quantitative estimate of drug-likeness (QED) is 0.699. The van der Waals surface area contributed by atoms with Gasteiger partial charge in [0.1, 0.15) is 0 Å². The molecule has 0 radical (unpaired) electrons. The zero-order valence-corrected chi connectivity index (χ0v) is 15.8. The molecular weight excluding hydrogens is 395 g/mol. The molecule has 4 rings (SSSR count). The molecule has 1 spiro atoms. The molecule has 2 heterocycles. The van der Waals surface area contributed by atoms with Gasteiger partial charge in [-0.2, -0.15) is 5.10 Å². The fourth-order valence-electron chi connectivity index (χ4n) is 2.96. The molecule has 132 valence electrons. The Kier molecular flexibility index (Phi) is 4.10. The maximum Gasteiger partial charge on any atom is 0.339 e. The lowest BCUT2D eigenvalue weighted by molar-refractivity contribution is -0.122. The van der Waals surface area contributed by atoms with Crippen LogP contribution in [0.15, 0.2) is 53.6 Å². The van der Waals surface area contributed by atoms with E-state index in [9.17, 15) is 9.59 Å². The molecule has 2 aliphatic rings. The van der Waals surface area contributed by atoms with E-state index in [1.54, 1.807) is 61.1 Å². The van der Waals surface area contributed by atoms with Gasteiger partial charge in [0.15, 0.2) is 0 Å². The van der Waals surface area contributed by atoms with Gasteiger partial charge in [0.2, 0.25) is 0 Å². The van der Waals surface area contributed by atoms with Crippen LogP contribution in [-0.2, 0) is 4.79 Å². The molecular formula is C17H12Cl2N4O2S. The predicted molar refractivity (Wildman–Crippen MR) is 105 cm³/mol. The number of hydrogen-bond acceptors (Lipinski definition) is 5. The number of thioether (sulfide) groups is 1. The van der Waals surface area contributed by atoms with Gasteiger partial charge in [0.25, 0.3) is 10.9 Å². The van der Waals surface area contributed by atoms with Gasteiger partial charge in [-0.15, -0.1) is 0 Å². The molecule has 3 amide bonds. The molecule has 1 fully saturated rings. The Hall–Kier alpha value is -2.22. The summed E-state index contributed by atoms with van der Waals surface area (Å²) < 4.78 is 0. The first-order valence-corrected chi connectivity index (χ1v) is 9.23. The molecule has 0 aliphatic carbocycles. The number of carbonyl (C=O) groups is 2. The van der Waals surface area contributed by atoms with Gasteiger partial charge in [0, 0.05) is 22.8 Å². The maximum atomic E-state index is 13.3. The van der Waals surface area contributed by atoms with Gasteiger partial charge in [-0.3, -0.25) is 14.7 Å². The molecule has 9 heteroatoms. The highest BCUT2D eigenvalue weighted by Crippen LogP contribution is 2.46. The van der Waals surface area contributed by atoms with Crippen LogP contribution in [0.5, 0.6) is 0 Å². The smallest absolute Gasteiger partial charge is 0.268 e. The van der Waals surface area contributed by atoms with Crippen molar-refractivity contribution in [3.8, 4) is 0 Å². The number of rotatable bonds is 2. The third-order valence-electron chi connectivity index (χ3n) is 4.21. The summed E-state index contributed by atoms with van der Waals surface area (Å²) in [4.78, 5) is 27.9. The lowest BCUT2D eigenvalue weighted by Gasteiger charge is -2.34. The second kappa shape index (κ2) is 6.19. The van der Waals surface area contributed by atoms with Crippen LogP contribution in [0, 0.1) is 0 Å². The van der Waals surface area contributed by atoms with Crippen molar-refractivity contribution in [2.45, 2.75) is 4.99 Å². The topological polar surface area (TPSA) is 56.2 Å². The Balaban J connectivity index is 1.86. The van der Waals surface area contributed by atoms with Crippen molar-refractivity contribution in [2.24, 2.45) is 5.10 Å². The molecule has 0 N–H and O–H groups in total. The number of likely N-dealkylation sites (N-methyl/N-ethyl adjacent to an activating group) is 1. The van der Waals surface area contributed by atoms with Crippen molar-refractivity contribution < 1.29 is 9.59 Å². The number of urea groups is 1. The van der Waals surface area contributed by atoms with Crippen molar-refractivity contribution in [3.05, 3.63) is 58.6 Å². The van der Waals surface area contributed by atoms with Crippen LogP contribution in [-0.4, -0.2) is 34.5 Å². The number of hydrogen-bond donors (Lipinski definition) is 0. The molecule has 0 aromatic heterocycles. The van der Waals surface area contributed by atoms with E-state index in [-0.39, 0.29) is 0 Å². The minimum absolute atomic E-state index is 0.398. The number of hydrazone groups is 1. The first-order valence-electron chi connectivity index (χ1n) is 7.59. The molecule has 1 saturated heterocycles. The fraction of sp³-hybridized carbons (Fsp3) is 0.118. The summed E-state index contributed by atoms with van der Waals surface area (Å²) in [6.07, 6.45) is 0. The van der Waals surface area contributed by atoms with Crippen LogP contribution in [0.3, 0.4) is 0 Å². The number of carbonyl (C=O) groups excluding carboxylic acids is 2. The normalized spacial score (nSPS) is 22.2. The van der Waals surface area contributed by atoms with E-state index in [0.29, 0.717) is 21.4 Å². The molecule has 1 atom stereocenters. The summed E-state index contributed by atoms with van der Waals surface area (Å²) in [5.74, 6) is -0.398. The largest absolute Gasteiger partial charge is 0.339 e. The number of anilines is 2. The van der Waals surface area contributed by atoms with Crippen LogP contribution in [0.1, 0.15) is 0 Å². The van der Waals surface area contributed by atoms with Gasteiger partial charge in [-0.1, -0.05) is 23.2 Å². The lowest BCUT2D eigenvalue weighted by atomic mass is 10.2. The first-order chi connectivity index (χ1) is 12.4. The summed E-state index contributed by atoms with van der Waals surface area (Å²) in [6, 6.07) is 12.8. The van der Waals surface area contributed by atoms with E-state index in [1.165, 1.54) is 21.7 Å². The highest BCUT2D eigenvalue weighted by Gasteiger charge is 2.63. The molecule has 0 unspecified atom stereocenters. The van der Waals surface area contributed by atoms with Crippen LogP contribution in [0.2, 0.25) is 10.0 Å². The average molecular weight is 407 g/mol. The van der Waals surface area contributed by atoms with Crippen LogP contribution in [0.25, 0.3) is 0 Å². The Labute approximate surface area is 163 Å². The van der Waals surface area contributed by atoms with Gasteiger partial charge >= 0.3 is 6.03 Å². The Morgan fingerprint density at radius 2 is 1.46 bits per heavy atom. The third kappa shape index (κ3) is 2.39. The maximum absolute atomic E-state index is 13.3. The average Bonchev–Trinajstić information content (AvgIpc) is 3.10. The van der Waals surface area contributed by atoms with Crippen molar-refractivity contribution in [2.75, 3.05) is 16.8 Å². The molecule has 0 saturated carbocycles. The highest BCUT2D eigenvalue weighted by molar-refractivity contribution is 8.14. The van der Waals surface area contributed by atoms with E-state index in [2.05, 4.69) is 5.10 Å². The summed E-state index contributed by atoms with van der Waals surface area (Å²) in [5, 5.41) is 6.72. The summed E-state index contributed by atoms with van der Waals surface area (Å²) in [5.41, 5.74) is 2.55. The molecule has 6 nitrogen and oxygen atoms in total. The van der Waals surface area contributed by atoms with Crippen molar-refractivity contribution in [1.29, 1.82) is 0 Å². The van der Waals surface area contributed by atoms with E-state index in [0.717, 1.165) is 4.90 Å². The second-order valence-corrected chi connectivity index (χ2v) is 7.57. The van der Waals surface area contributed by atoms with Crippen molar-refractivity contribution >= 4 is 63.8 Å². The molecule has 2 aromatic carbocycles. The van der Waals surface area contributed by atoms with E-state index >= 15 is 0 Å². The Bertz CT molecular complexity index is 919. The summed E-state index contributed by atoms with van der Waals surface area (Å²) in [7, 11) is 1.66. The SMILES string of the molecule is CN1N=CS[C@@]12C(=O)N(c1ccc(Cl)cc1)C(=O)N2c1ccc(Cl)cc1. The highest BCUT2D eigenvalue weighted by atomic mass is 35.5. The van der Waals surface area contributed by atoms with Crippen LogP contribution in [0.4, 0.5) is 16.2 Å². The number of benzene rings is 2. The minimum Gasteiger partial charge on any atom is -0.268 e. The predicted octanol–water partition coefficient (Wildman–Crippen LogP) is 4.24. The summed E-state index contributed by atoms with van der Waals surface area (Å²) >= 11 is 13.1. The zero-order chi connectivity index (χ0) is 18.5. The summed E-state index contributed by atoms with van der Waals surface area (Å²) in [6.45, 7) is 0. The van der Waals surface area contributed by atoms with Gasteiger partial charge in [0.05, 0.1) is 11.2 Å². The Morgan fingerprint density at radius 1 is 0.923 bits per heavy atom.